The van der Waals surface area contributed by atoms with E-state index in [9.17, 15) is 9.59 Å². The first-order valence-electron chi connectivity index (χ1n) is 5.79. The lowest BCUT2D eigenvalue weighted by molar-refractivity contribution is -0.117. The quantitative estimate of drug-likeness (QED) is 0.831. The van der Waals surface area contributed by atoms with E-state index in [-0.39, 0.29) is 17.4 Å². The minimum absolute atomic E-state index is 0.0612. The van der Waals surface area contributed by atoms with Crippen LogP contribution >= 0.6 is 0 Å². The molecule has 1 fully saturated rings. The Morgan fingerprint density at radius 3 is 2.78 bits per heavy atom. The topological polar surface area (TPSA) is 57.6 Å². The third-order valence-electron chi connectivity index (χ3n) is 3.22. The van der Waals surface area contributed by atoms with Gasteiger partial charge in [0.2, 0.25) is 5.91 Å². The molecule has 1 atom stereocenters. The second-order valence-electron chi connectivity index (χ2n) is 4.51. The Kier molecular flexibility index (Phi) is 3.19. The smallest absolute Gasteiger partial charge is 0.335 e. The van der Waals surface area contributed by atoms with Gasteiger partial charge in [-0.25, -0.2) is 4.79 Å². The predicted molar refractivity (Wildman–Crippen MR) is 68.8 cm³/mol. The number of aryl methyl sites for hydroxylation is 1. The maximum absolute atomic E-state index is 11.9. The highest BCUT2D eigenvalue weighted by Gasteiger charge is 2.29. The third kappa shape index (κ3) is 2.14. The molecule has 18 heavy (non-hydrogen) atoms. The van der Waals surface area contributed by atoms with Crippen LogP contribution in [0.3, 0.4) is 0 Å². The number of carboxylic acids is 1. The first kappa shape index (κ1) is 12.4. The fourth-order valence-electron chi connectivity index (χ4n) is 2.22. The van der Waals surface area contributed by atoms with E-state index in [1.54, 1.807) is 23.1 Å². The van der Waals surface area contributed by atoms with Crippen LogP contribution < -0.4 is 4.90 Å². The predicted octanol–water partition coefficient (Wildman–Crippen LogP) is 2.23. The molecular formula is C14H15NO3. The van der Waals surface area contributed by atoms with Crippen LogP contribution in [0.1, 0.15) is 22.3 Å². The summed E-state index contributed by atoms with van der Waals surface area (Å²) in [7, 11) is 0. The SMILES string of the molecule is C=CC1CC(=O)N(c2ccc(C(=O)O)cc2C)C1. The fraction of sp³-hybridized carbons (Fsp3) is 0.286. The molecule has 1 aromatic rings. The maximum atomic E-state index is 11.9. The summed E-state index contributed by atoms with van der Waals surface area (Å²) in [4.78, 5) is 24.4. The number of carbonyl (C=O) groups is 2. The molecule has 1 aliphatic rings. The minimum atomic E-state index is -0.957. The Hall–Kier alpha value is -2.10. The normalized spacial score (nSPS) is 19.1. The third-order valence-corrected chi connectivity index (χ3v) is 3.22. The monoisotopic (exact) mass is 245 g/mol. The Balaban J connectivity index is 2.32. The lowest BCUT2D eigenvalue weighted by Gasteiger charge is -2.19. The highest BCUT2D eigenvalue weighted by molar-refractivity contribution is 5.97. The number of aromatic carboxylic acids is 1. The molecule has 1 heterocycles. The number of amides is 1. The number of carboxylic acid groups (broad SMARTS) is 1. The Bertz CT molecular complexity index is 522. The molecule has 0 spiro atoms. The molecule has 0 aliphatic carbocycles. The number of hydrogen-bond acceptors (Lipinski definition) is 2. The van der Waals surface area contributed by atoms with Crippen molar-refractivity contribution in [3.05, 3.63) is 42.0 Å². The van der Waals surface area contributed by atoms with Crippen LogP contribution in [0.15, 0.2) is 30.9 Å². The molecule has 0 radical (unpaired) electrons. The molecule has 4 nitrogen and oxygen atoms in total. The van der Waals surface area contributed by atoms with Gasteiger partial charge >= 0.3 is 5.97 Å². The van der Waals surface area contributed by atoms with Crippen molar-refractivity contribution in [1.82, 2.24) is 0 Å². The molecule has 1 saturated heterocycles. The maximum Gasteiger partial charge on any atom is 0.335 e. The number of anilines is 1. The van der Waals surface area contributed by atoms with Gasteiger partial charge in [0.1, 0.15) is 0 Å². The van der Waals surface area contributed by atoms with Crippen LogP contribution in [0.4, 0.5) is 5.69 Å². The molecule has 0 bridgehead atoms. The van der Waals surface area contributed by atoms with Gasteiger partial charge in [-0.15, -0.1) is 6.58 Å². The van der Waals surface area contributed by atoms with Gasteiger partial charge in [0, 0.05) is 24.6 Å². The Morgan fingerprint density at radius 2 is 2.28 bits per heavy atom. The molecule has 1 unspecified atom stereocenters. The standard InChI is InChI=1S/C14H15NO3/c1-3-10-7-13(16)15(8-10)12-5-4-11(14(17)18)6-9(12)2/h3-6,10H,1,7-8H2,2H3,(H,17,18). The molecule has 4 heteroatoms. The summed E-state index contributed by atoms with van der Waals surface area (Å²) >= 11 is 0. The summed E-state index contributed by atoms with van der Waals surface area (Å²) in [5.74, 6) is -0.719. The first-order chi connectivity index (χ1) is 8.52. The van der Waals surface area contributed by atoms with Crippen LogP contribution in [0.2, 0.25) is 0 Å². The van der Waals surface area contributed by atoms with Gasteiger partial charge in [-0.05, 0) is 30.7 Å². The molecule has 0 aromatic heterocycles. The van der Waals surface area contributed by atoms with Crippen LogP contribution in [0.25, 0.3) is 0 Å². The van der Waals surface area contributed by atoms with Gasteiger partial charge < -0.3 is 10.0 Å². The van der Waals surface area contributed by atoms with Gasteiger partial charge in [-0.3, -0.25) is 4.79 Å². The van der Waals surface area contributed by atoms with E-state index in [4.69, 9.17) is 5.11 Å². The number of carbonyl (C=O) groups excluding carboxylic acids is 1. The molecule has 94 valence electrons. The van der Waals surface area contributed by atoms with Crippen molar-refractivity contribution in [3.8, 4) is 0 Å². The van der Waals surface area contributed by atoms with Crippen LogP contribution in [0.5, 0.6) is 0 Å². The molecular weight excluding hydrogens is 230 g/mol. The van der Waals surface area contributed by atoms with Crippen molar-refractivity contribution in [1.29, 1.82) is 0 Å². The molecule has 0 saturated carbocycles. The fourth-order valence-corrected chi connectivity index (χ4v) is 2.22. The first-order valence-corrected chi connectivity index (χ1v) is 5.79. The molecule has 1 aliphatic heterocycles. The van der Waals surface area contributed by atoms with Crippen LogP contribution in [0, 0.1) is 12.8 Å². The van der Waals surface area contributed by atoms with E-state index >= 15 is 0 Å². The van der Waals surface area contributed by atoms with Crippen LogP contribution in [-0.4, -0.2) is 23.5 Å². The molecule has 2 rings (SSSR count). The number of benzene rings is 1. The summed E-state index contributed by atoms with van der Waals surface area (Å²) in [6.07, 6.45) is 2.27. The summed E-state index contributed by atoms with van der Waals surface area (Å²) in [6, 6.07) is 4.81. The lowest BCUT2D eigenvalue weighted by Crippen LogP contribution is -2.25. The number of hydrogen-bond donors (Lipinski definition) is 1. The largest absolute Gasteiger partial charge is 0.478 e. The van der Waals surface area contributed by atoms with Crippen molar-refractivity contribution < 1.29 is 14.7 Å². The highest BCUT2D eigenvalue weighted by atomic mass is 16.4. The van der Waals surface area contributed by atoms with E-state index in [2.05, 4.69) is 6.58 Å². The summed E-state index contributed by atoms with van der Waals surface area (Å²) in [5, 5.41) is 8.90. The van der Waals surface area contributed by atoms with Crippen molar-refractivity contribution in [3.63, 3.8) is 0 Å². The number of rotatable bonds is 3. The highest BCUT2D eigenvalue weighted by Crippen LogP contribution is 2.28. The minimum Gasteiger partial charge on any atom is -0.478 e. The van der Waals surface area contributed by atoms with Gasteiger partial charge in [0.15, 0.2) is 0 Å². The average molecular weight is 245 g/mol. The van der Waals surface area contributed by atoms with Gasteiger partial charge in [-0.2, -0.15) is 0 Å². The zero-order chi connectivity index (χ0) is 13.3. The lowest BCUT2D eigenvalue weighted by atomic mass is 10.1. The molecule has 1 N–H and O–H groups in total. The summed E-state index contributed by atoms with van der Waals surface area (Å²) in [5.41, 5.74) is 1.82. The summed E-state index contributed by atoms with van der Waals surface area (Å²) in [6.45, 7) is 6.14. The zero-order valence-electron chi connectivity index (χ0n) is 10.2. The van der Waals surface area contributed by atoms with Crippen molar-refractivity contribution in [2.45, 2.75) is 13.3 Å². The van der Waals surface area contributed by atoms with E-state index in [1.807, 2.05) is 6.92 Å². The van der Waals surface area contributed by atoms with Crippen LogP contribution in [-0.2, 0) is 4.79 Å². The zero-order valence-corrected chi connectivity index (χ0v) is 10.2. The second kappa shape index (κ2) is 4.64. The van der Waals surface area contributed by atoms with E-state index in [1.165, 1.54) is 6.07 Å². The van der Waals surface area contributed by atoms with Gasteiger partial charge in [0.25, 0.3) is 0 Å². The Morgan fingerprint density at radius 1 is 1.56 bits per heavy atom. The van der Waals surface area contributed by atoms with E-state index in [0.717, 1.165) is 11.3 Å². The van der Waals surface area contributed by atoms with E-state index < -0.39 is 5.97 Å². The van der Waals surface area contributed by atoms with E-state index in [0.29, 0.717) is 13.0 Å². The van der Waals surface area contributed by atoms with Gasteiger partial charge in [0.05, 0.1) is 5.56 Å². The van der Waals surface area contributed by atoms with Crippen molar-refractivity contribution >= 4 is 17.6 Å². The molecule has 1 aromatic carbocycles. The van der Waals surface area contributed by atoms with Crippen molar-refractivity contribution in [2.24, 2.45) is 5.92 Å². The van der Waals surface area contributed by atoms with Crippen molar-refractivity contribution in [2.75, 3.05) is 11.4 Å². The Labute approximate surface area is 106 Å². The average Bonchev–Trinajstić information content (AvgIpc) is 2.70. The summed E-state index contributed by atoms with van der Waals surface area (Å²) < 4.78 is 0. The number of nitrogens with zero attached hydrogens (tertiary/aromatic N) is 1. The van der Waals surface area contributed by atoms with Gasteiger partial charge in [-0.1, -0.05) is 6.08 Å². The second-order valence-corrected chi connectivity index (χ2v) is 4.51. The molecule has 1 amide bonds.